The zero-order valence-corrected chi connectivity index (χ0v) is 12.3. The smallest absolute Gasteiger partial charge is 0.337 e. The molecule has 0 spiro atoms. The third-order valence-electron chi connectivity index (χ3n) is 3.09. The molecule has 6 heteroatoms. The average molecular weight is 302 g/mol. The summed E-state index contributed by atoms with van der Waals surface area (Å²) in [6.45, 7) is 5.35. The van der Waals surface area contributed by atoms with Crippen LogP contribution in [0.15, 0.2) is 57.5 Å². The summed E-state index contributed by atoms with van der Waals surface area (Å²) in [6.07, 6.45) is 4.48. The van der Waals surface area contributed by atoms with Crippen LogP contribution >= 0.6 is 12.6 Å². The van der Waals surface area contributed by atoms with E-state index < -0.39 is 11.9 Å². The number of hydrogen-bond acceptors (Lipinski definition) is 6. The molecule has 1 aromatic rings. The summed E-state index contributed by atoms with van der Waals surface area (Å²) in [4.78, 5) is 12.3. The number of nitrogens with zero attached hydrogens (tertiary/aromatic N) is 1. The average Bonchev–Trinajstić information content (AvgIpc) is 2.97. The van der Waals surface area contributed by atoms with Crippen LogP contribution in [-0.4, -0.2) is 12.6 Å². The molecule has 1 N–H and O–H groups in total. The van der Waals surface area contributed by atoms with Crippen molar-refractivity contribution in [3.8, 4) is 6.07 Å². The molecule has 1 aliphatic rings. The van der Waals surface area contributed by atoms with E-state index in [0.717, 1.165) is 0 Å². The number of allylic oxidation sites excluding steroid dienone is 2. The molecule has 2 heterocycles. The Bertz CT molecular complexity index is 666. The first-order valence-corrected chi connectivity index (χ1v) is 6.66. The lowest BCUT2D eigenvalue weighted by atomic mass is 9.84. The molecule has 0 aromatic carbocycles. The van der Waals surface area contributed by atoms with Crippen LogP contribution in [0.5, 0.6) is 0 Å². The molecule has 0 amide bonds. The number of furan rings is 1. The van der Waals surface area contributed by atoms with E-state index in [1.807, 2.05) is 0 Å². The number of dihydropyridines is 1. The maximum absolute atomic E-state index is 12.3. The number of nitrogens with one attached hydrogen (secondary N) is 1. The van der Waals surface area contributed by atoms with Crippen LogP contribution < -0.4 is 5.32 Å². The number of carbonyl (C=O) groups excluding carboxylic acids is 1. The summed E-state index contributed by atoms with van der Waals surface area (Å²) in [5, 5.41) is 12.7. The lowest BCUT2D eigenvalue weighted by molar-refractivity contribution is -0.138. The molecule has 0 bridgehead atoms. The van der Waals surface area contributed by atoms with Gasteiger partial charge >= 0.3 is 5.97 Å². The zero-order valence-electron chi connectivity index (χ0n) is 11.4. The Morgan fingerprint density at radius 2 is 2.48 bits per heavy atom. The highest BCUT2D eigenvalue weighted by atomic mass is 32.1. The van der Waals surface area contributed by atoms with Crippen LogP contribution in [0.25, 0.3) is 0 Å². The van der Waals surface area contributed by atoms with Crippen molar-refractivity contribution in [2.24, 2.45) is 0 Å². The van der Waals surface area contributed by atoms with E-state index in [9.17, 15) is 10.1 Å². The molecule has 21 heavy (non-hydrogen) atoms. The van der Waals surface area contributed by atoms with Gasteiger partial charge in [-0.1, -0.05) is 12.7 Å². The molecule has 108 valence electrons. The molecule has 0 fully saturated rings. The molecule has 2 rings (SSSR count). The SMILES string of the molecule is C=CCOC(=O)C1=C(C)NC(S)=C(C#N)C1c1ccoc1. The van der Waals surface area contributed by atoms with E-state index in [-0.39, 0.29) is 6.61 Å². The Morgan fingerprint density at radius 3 is 3.05 bits per heavy atom. The molecule has 0 radical (unpaired) electrons. The van der Waals surface area contributed by atoms with Crippen LogP contribution in [0.2, 0.25) is 0 Å². The van der Waals surface area contributed by atoms with E-state index in [1.54, 1.807) is 13.0 Å². The van der Waals surface area contributed by atoms with E-state index in [0.29, 0.717) is 27.4 Å². The van der Waals surface area contributed by atoms with E-state index in [2.05, 4.69) is 30.6 Å². The Labute approximate surface area is 128 Å². The van der Waals surface area contributed by atoms with Gasteiger partial charge in [0.25, 0.3) is 0 Å². The predicted octanol–water partition coefficient (Wildman–Crippen LogP) is 2.63. The van der Waals surface area contributed by atoms with Gasteiger partial charge in [0.2, 0.25) is 0 Å². The zero-order chi connectivity index (χ0) is 15.4. The lowest BCUT2D eigenvalue weighted by Crippen LogP contribution is -2.28. The van der Waals surface area contributed by atoms with E-state index in [1.165, 1.54) is 18.6 Å². The highest BCUT2D eigenvalue weighted by molar-refractivity contribution is 7.84. The second-order valence-corrected chi connectivity index (χ2v) is 4.86. The molecular weight excluding hydrogens is 288 g/mol. The van der Waals surface area contributed by atoms with Crippen molar-refractivity contribution in [2.45, 2.75) is 12.8 Å². The van der Waals surface area contributed by atoms with Gasteiger partial charge in [0.1, 0.15) is 6.61 Å². The quantitative estimate of drug-likeness (QED) is 0.508. The van der Waals surface area contributed by atoms with Gasteiger partial charge in [-0.2, -0.15) is 5.26 Å². The van der Waals surface area contributed by atoms with Gasteiger partial charge in [0, 0.05) is 11.3 Å². The van der Waals surface area contributed by atoms with Gasteiger partial charge in [-0.05, 0) is 13.0 Å². The number of nitriles is 1. The highest BCUT2D eigenvalue weighted by Crippen LogP contribution is 2.39. The summed E-state index contributed by atoms with van der Waals surface area (Å²) in [5.74, 6) is -1.06. The fourth-order valence-electron chi connectivity index (χ4n) is 2.18. The predicted molar refractivity (Wildman–Crippen MR) is 80.1 cm³/mol. The Morgan fingerprint density at radius 1 is 1.71 bits per heavy atom. The molecule has 0 aliphatic carbocycles. The summed E-state index contributed by atoms with van der Waals surface area (Å²) in [6, 6.07) is 3.80. The van der Waals surface area contributed by atoms with Crippen LogP contribution in [0.4, 0.5) is 0 Å². The van der Waals surface area contributed by atoms with Gasteiger partial charge in [-0.25, -0.2) is 4.79 Å². The first kappa shape index (κ1) is 15.0. The third-order valence-corrected chi connectivity index (χ3v) is 3.44. The third kappa shape index (κ3) is 2.88. The number of hydrogen-bond donors (Lipinski definition) is 2. The van der Waals surface area contributed by atoms with Crippen molar-refractivity contribution < 1.29 is 13.9 Å². The standard InChI is InChI=1S/C15H14N2O3S/c1-3-5-20-15(18)12-9(2)17-14(21)11(7-16)13(12)10-4-6-19-8-10/h3-4,6,8,13,17,21H,1,5H2,2H3. The molecule has 1 aliphatic heterocycles. The van der Waals surface area contributed by atoms with Crippen molar-refractivity contribution in [1.29, 1.82) is 5.26 Å². The van der Waals surface area contributed by atoms with Gasteiger partial charge in [0.05, 0.1) is 40.7 Å². The largest absolute Gasteiger partial charge is 0.472 e. The normalized spacial score (nSPS) is 18.0. The fraction of sp³-hybridized carbons (Fsp3) is 0.200. The molecule has 0 saturated heterocycles. The van der Waals surface area contributed by atoms with Crippen molar-refractivity contribution >= 4 is 18.6 Å². The van der Waals surface area contributed by atoms with Gasteiger partial charge in [0.15, 0.2) is 0 Å². The number of thiol groups is 1. The number of carbonyl (C=O) groups is 1. The van der Waals surface area contributed by atoms with Crippen LogP contribution in [0.3, 0.4) is 0 Å². The maximum Gasteiger partial charge on any atom is 0.337 e. The molecule has 0 saturated carbocycles. The topological polar surface area (TPSA) is 75.3 Å². The van der Waals surface area contributed by atoms with Gasteiger partial charge in [-0.15, -0.1) is 12.6 Å². The Balaban J connectivity index is 2.49. The Kier molecular flexibility index (Phi) is 4.55. The number of rotatable bonds is 4. The van der Waals surface area contributed by atoms with Crippen LogP contribution in [-0.2, 0) is 9.53 Å². The minimum absolute atomic E-state index is 0.104. The van der Waals surface area contributed by atoms with Crippen molar-refractivity contribution in [3.63, 3.8) is 0 Å². The fourth-order valence-corrected chi connectivity index (χ4v) is 2.53. The van der Waals surface area contributed by atoms with Gasteiger partial charge < -0.3 is 14.5 Å². The molecule has 5 nitrogen and oxygen atoms in total. The van der Waals surface area contributed by atoms with Crippen LogP contribution in [0, 0.1) is 11.3 Å². The number of ether oxygens (including phenoxy) is 1. The van der Waals surface area contributed by atoms with Crippen molar-refractivity contribution in [3.05, 3.63) is 58.7 Å². The van der Waals surface area contributed by atoms with Gasteiger partial charge in [-0.3, -0.25) is 0 Å². The van der Waals surface area contributed by atoms with Crippen molar-refractivity contribution in [1.82, 2.24) is 5.32 Å². The minimum atomic E-state index is -0.556. The Hall–Kier alpha value is -2.39. The lowest BCUT2D eigenvalue weighted by Gasteiger charge is -2.26. The van der Waals surface area contributed by atoms with E-state index in [4.69, 9.17) is 9.15 Å². The molecule has 1 atom stereocenters. The van der Waals surface area contributed by atoms with E-state index >= 15 is 0 Å². The first-order chi connectivity index (χ1) is 10.1. The summed E-state index contributed by atoms with van der Waals surface area (Å²) >= 11 is 4.28. The molecule has 1 aromatic heterocycles. The highest BCUT2D eigenvalue weighted by Gasteiger charge is 2.35. The second kappa shape index (κ2) is 6.37. The minimum Gasteiger partial charge on any atom is -0.472 e. The first-order valence-electron chi connectivity index (χ1n) is 6.21. The molecular formula is C15H14N2O3S. The molecule has 1 unspecified atom stereocenters. The van der Waals surface area contributed by atoms with Crippen LogP contribution in [0.1, 0.15) is 18.4 Å². The summed E-state index contributed by atoms with van der Waals surface area (Å²) in [7, 11) is 0. The monoisotopic (exact) mass is 302 g/mol. The second-order valence-electron chi connectivity index (χ2n) is 4.41. The van der Waals surface area contributed by atoms with Crippen molar-refractivity contribution in [2.75, 3.05) is 6.61 Å². The number of esters is 1. The maximum atomic E-state index is 12.3. The summed E-state index contributed by atoms with van der Waals surface area (Å²) < 4.78 is 10.2. The summed E-state index contributed by atoms with van der Waals surface area (Å²) in [5.41, 5.74) is 2.01.